The van der Waals surface area contributed by atoms with Crippen LogP contribution in [0.15, 0.2) is 0 Å². The van der Waals surface area contributed by atoms with Gasteiger partial charge in [0.15, 0.2) is 0 Å². The SMILES string of the molecule is CCCCC12CN3CC(C)(CN(C1)C3[C@H](O)[C@H](O)[C@@H](O)[C@@H](O)CO)C2=O. The fourth-order valence-corrected chi connectivity index (χ4v) is 5.35. The van der Waals surface area contributed by atoms with Crippen molar-refractivity contribution in [3.63, 3.8) is 0 Å². The van der Waals surface area contributed by atoms with E-state index < -0.39 is 48.0 Å². The zero-order valence-electron chi connectivity index (χ0n) is 15.6. The first-order valence-corrected chi connectivity index (χ1v) is 9.55. The number of aliphatic hydroxyl groups is 5. The van der Waals surface area contributed by atoms with E-state index >= 15 is 0 Å². The molecular formula is C18H32N2O6. The molecule has 0 radical (unpaired) electrons. The molecule has 4 aliphatic rings. The first-order valence-electron chi connectivity index (χ1n) is 9.55. The number of nitrogens with zero attached hydrogens (tertiary/aromatic N) is 2. The van der Waals surface area contributed by atoms with Crippen LogP contribution in [0.4, 0.5) is 0 Å². The van der Waals surface area contributed by atoms with Crippen molar-refractivity contribution in [2.75, 3.05) is 32.8 Å². The first-order chi connectivity index (χ1) is 12.2. The predicted octanol–water partition coefficient (Wildman–Crippen LogP) is -1.85. The van der Waals surface area contributed by atoms with Gasteiger partial charge >= 0.3 is 0 Å². The van der Waals surface area contributed by atoms with Crippen LogP contribution in [0.5, 0.6) is 0 Å². The third-order valence-electron chi connectivity index (χ3n) is 6.49. The molecule has 0 aromatic rings. The Morgan fingerprint density at radius 2 is 1.65 bits per heavy atom. The fraction of sp³-hybridized carbons (Fsp3) is 0.944. The summed E-state index contributed by atoms with van der Waals surface area (Å²) in [5, 5.41) is 49.5. The van der Waals surface area contributed by atoms with E-state index in [-0.39, 0.29) is 0 Å². The Labute approximate surface area is 154 Å². The van der Waals surface area contributed by atoms with E-state index in [1.54, 1.807) is 0 Å². The van der Waals surface area contributed by atoms with E-state index in [4.69, 9.17) is 5.11 Å². The molecule has 0 amide bonds. The van der Waals surface area contributed by atoms with Crippen LogP contribution in [0, 0.1) is 10.8 Å². The highest BCUT2D eigenvalue weighted by Crippen LogP contribution is 2.51. The summed E-state index contributed by atoms with van der Waals surface area (Å²) >= 11 is 0. The topological polar surface area (TPSA) is 125 Å². The predicted molar refractivity (Wildman–Crippen MR) is 93.1 cm³/mol. The van der Waals surface area contributed by atoms with Gasteiger partial charge in [-0.3, -0.25) is 14.6 Å². The Bertz CT molecular complexity index is 528. The van der Waals surface area contributed by atoms with Gasteiger partial charge < -0.3 is 25.5 Å². The van der Waals surface area contributed by atoms with E-state index in [9.17, 15) is 25.2 Å². The maximum Gasteiger partial charge on any atom is 0.150 e. The highest BCUT2D eigenvalue weighted by atomic mass is 16.4. The van der Waals surface area contributed by atoms with Gasteiger partial charge in [0.1, 0.15) is 30.2 Å². The molecule has 0 aliphatic carbocycles. The first kappa shape index (κ1) is 20.1. The van der Waals surface area contributed by atoms with E-state index in [2.05, 4.69) is 6.92 Å². The van der Waals surface area contributed by atoms with Crippen LogP contribution in [0.25, 0.3) is 0 Å². The molecule has 6 atom stereocenters. The molecular weight excluding hydrogens is 340 g/mol. The molecule has 26 heavy (non-hydrogen) atoms. The number of hydrogen-bond acceptors (Lipinski definition) is 8. The maximum atomic E-state index is 13.1. The van der Waals surface area contributed by atoms with E-state index in [1.165, 1.54) is 0 Å². The second-order valence-corrected chi connectivity index (χ2v) is 8.72. The third-order valence-corrected chi connectivity index (χ3v) is 6.49. The van der Waals surface area contributed by atoms with Crippen molar-refractivity contribution in [3.8, 4) is 0 Å². The van der Waals surface area contributed by atoms with Gasteiger partial charge in [-0.2, -0.15) is 0 Å². The van der Waals surface area contributed by atoms with Gasteiger partial charge in [0.05, 0.1) is 23.6 Å². The minimum atomic E-state index is -1.64. The standard InChI is InChI=1S/C18H32N2O6/c1-3-4-5-18-9-19-7-17(2,16(18)26)8-20(10-18)15(19)14(25)13(24)12(23)11(22)6-21/h11-15,21-25H,3-10H2,1-2H3/t11-,12-,13+,14+,15?,17?,18?/m0/s1. The molecule has 2 unspecified atom stereocenters. The Morgan fingerprint density at radius 1 is 1.08 bits per heavy atom. The number of piperidine rings is 2. The number of aliphatic hydroxyl groups excluding tert-OH is 5. The van der Waals surface area contributed by atoms with Crippen LogP contribution in [0.3, 0.4) is 0 Å². The highest BCUT2D eigenvalue weighted by Gasteiger charge is 2.64. The van der Waals surface area contributed by atoms with Crippen LogP contribution in [0.1, 0.15) is 33.1 Å². The van der Waals surface area contributed by atoms with Crippen molar-refractivity contribution >= 4 is 5.78 Å². The Morgan fingerprint density at radius 3 is 2.15 bits per heavy atom. The zero-order chi connectivity index (χ0) is 19.3. The molecule has 8 heteroatoms. The second-order valence-electron chi connectivity index (χ2n) is 8.72. The normalized spacial score (nSPS) is 43.3. The summed E-state index contributed by atoms with van der Waals surface area (Å²) in [4.78, 5) is 17.2. The molecule has 0 aromatic heterocycles. The van der Waals surface area contributed by atoms with Crippen LogP contribution < -0.4 is 0 Å². The van der Waals surface area contributed by atoms with Crippen molar-refractivity contribution in [2.45, 2.75) is 63.7 Å². The Kier molecular flexibility index (Phi) is 5.49. The molecule has 4 aliphatic heterocycles. The van der Waals surface area contributed by atoms with Gasteiger partial charge in [-0.25, -0.2) is 0 Å². The second kappa shape index (κ2) is 7.09. The number of carbonyl (C=O) groups is 1. The van der Waals surface area contributed by atoms with Gasteiger partial charge in [-0.05, 0) is 6.42 Å². The molecule has 150 valence electrons. The summed E-state index contributed by atoms with van der Waals surface area (Å²) in [6.07, 6.45) is -3.76. The molecule has 5 N–H and O–H groups in total. The van der Waals surface area contributed by atoms with Crippen LogP contribution in [-0.4, -0.2) is 104 Å². The lowest BCUT2D eigenvalue weighted by atomic mass is 9.59. The minimum absolute atomic E-state index is 0.315. The average molecular weight is 372 g/mol. The van der Waals surface area contributed by atoms with E-state index in [0.717, 1.165) is 19.3 Å². The van der Waals surface area contributed by atoms with Gasteiger partial charge in [0.2, 0.25) is 0 Å². The maximum absolute atomic E-state index is 13.1. The van der Waals surface area contributed by atoms with Crippen LogP contribution >= 0.6 is 0 Å². The minimum Gasteiger partial charge on any atom is -0.394 e. The Balaban J connectivity index is 1.81. The fourth-order valence-electron chi connectivity index (χ4n) is 5.35. The quantitative estimate of drug-likeness (QED) is 0.336. The molecule has 8 nitrogen and oxygen atoms in total. The molecule has 4 rings (SSSR count). The summed E-state index contributed by atoms with van der Waals surface area (Å²) in [6.45, 7) is 5.50. The Hall–Kier alpha value is -0.610. The lowest BCUT2D eigenvalue weighted by Gasteiger charge is -2.66. The molecule has 4 heterocycles. The number of ketones is 1. The van der Waals surface area contributed by atoms with Crippen LogP contribution in [-0.2, 0) is 4.79 Å². The number of carbonyl (C=O) groups excluding carboxylic acids is 1. The lowest BCUT2D eigenvalue weighted by molar-refractivity contribution is -0.231. The molecule has 0 spiro atoms. The molecule has 0 saturated carbocycles. The smallest absolute Gasteiger partial charge is 0.150 e. The number of Topliss-reactive ketones (excluding diaryl/α,β-unsaturated/α-hetero) is 1. The van der Waals surface area contributed by atoms with E-state index in [0.29, 0.717) is 32.0 Å². The third kappa shape index (κ3) is 3.01. The number of unbranched alkanes of at least 4 members (excludes halogenated alkanes) is 1. The number of rotatable bonds is 8. The summed E-state index contributed by atoms with van der Waals surface area (Å²) in [6, 6.07) is 0. The molecule has 4 fully saturated rings. The summed E-state index contributed by atoms with van der Waals surface area (Å²) in [7, 11) is 0. The average Bonchev–Trinajstić information content (AvgIpc) is 2.61. The zero-order valence-corrected chi connectivity index (χ0v) is 15.6. The van der Waals surface area contributed by atoms with Crippen molar-refractivity contribution in [3.05, 3.63) is 0 Å². The van der Waals surface area contributed by atoms with Gasteiger partial charge in [-0.15, -0.1) is 0 Å². The van der Waals surface area contributed by atoms with Gasteiger partial charge in [0, 0.05) is 26.2 Å². The van der Waals surface area contributed by atoms with Crippen molar-refractivity contribution in [1.82, 2.24) is 9.80 Å². The van der Waals surface area contributed by atoms with E-state index in [1.807, 2.05) is 16.7 Å². The largest absolute Gasteiger partial charge is 0.394 e. The summed E-state index contributed by atoms with van der Waals surface area (Å²) in [5.74, 6) is 0.315. The molecule has 0 aromatic carbocycles. The summed E-state index contributed by atoms with van der Waals surface area (Å²) < 4.78 is 0. The van der Waals surface area contributed by atoms with Crippen molar-refractivity contribution in [2.24, 2.45) is 10.8 Å². The van der Waals surface area contributed by atoms with Crippen molar-refractivity contribution < 1.29 is 30.3 Å². The highest BCUT2D eigenvalue weighted by molar-refractivity contribution is 5.93. The molecule has 4 bridgehead atoms. The van der Waals surface area contributed by atoms with Gasteiger partial charge in [-0.1, -0.05) is 26.7 Å². The van der Waals surface area contributed by atoms with Crippen LogP contribution in [0.2, 0.25) is 0 Å². The lowest BCUT2D eigenvalue weighted by Crippen LogP contribution is -2.81. The summed E-state index contributed by atoms with van der Waals surface area (Å²) in [5.41, 5.74) is -0.902. The van der Waals surface area contributed by atoms with Crippen molar-refractivity contribution in [1.29, 1.82) is 0 Å². The molecule has 4 saturated heterocycles. The monoisotopic (exact) mass is 372 g/mol. The number of hydrogen-bond donors (Lipinski definition) is 5. The van der Waals surface area contributed by atoms with Gasteiger partial charge in [0.25, 0.3) is 0 Å².